The van der Waals surface area contributed by atoms with Crippen molar-refractivity contribution in [2.45, 2.75) is 90.8 Å². The Kier molecular flexibility index (Phi) is 5.03. The summed E-state index contributed by atoms with van der Waals surface area (Å²) in [7, 11) is 0. The van der Waals surface area contributed by atoms with Crippen molar-refractivity contribution in [2.24, 2.45) is 11.8 Å². The fourth-order valence-corrected chi connectivity index (χ4v) is 4.16. The van der Waals surface area contributed by atoms with Crippen molar-refractivity contribution in [2.75, 3.05) is 0 Å². The van der Waals surface area contributed by atoms with Crippen LogP contribution in [-0.4, -0.2) is 11.2 Å². The summed E-state index contributed by atoms with van der Waals surface area (Å²) < 4.78 is 6.06. The first-order valence-electron chi connectivity index (χ1n) is 8.73. The van der Waals surface area contributed by atoms with Gasteiger partial charge in [0.25, 0.3) is 0 Å². The zero-order valence-corrected chi connectivity index (χ0v) is 14.8. The summed E-state index contributed by atoms with van der Waals surface area (Å²) in [5.74, 6) is 1.59. The van der Waals surface area contributed by atoms with Crippen molar-refractivity contribution in [1.29, 1.82) is 0 Å². The van der Waals surface area contributed by atoms with Crippen molar-refractivity contribution in [3.05, 3.63) is 23.8 Å². The molecule has 1 nitrogen and oxygen atoms in total. The summed E-state index contributed by atoms with van der Waals surface area (Å²) >= 11 is 0. The van der Waals surface area contributed by atoms with Crippen LogP contribution in [0.15, 0.2) is 23.8 Å². The lowest BCUT2D eigenvalue weighted by molar-refractivity contribution is -0.229. The van der Waals surface area contributed by atoms with Crippen LogP contribution in [0.25, 0.3) is 0 Å². The van der Waals surface area contributed by atoms with Gasteiger partial charge >= 0.3 is 0 Å². The molecule has 2 bridgehead atoms. The van der Waals surface area contributed by atoms with Crippen LogP contribution < -0.4 is 0 Å². The zero-order chi connectivity index (χ0) is 15.7. The van der Waals surface area contributed by atoms with Crippen LogP contribution in [0.3, 0.4) is 0 Å². The van der Waals surface area contributed by atoms with Crippen LogP contribution >= 0.6 is 0 Å². The Labute approximate surface area is 131 Å². The minimum absolute atomic E-state index is 0.158. The van der Waals surface area contributed by atoms with Gasteiger partial charge in [0.1, 0.15) is 0 Å². The van der Waals surface area contributed by atoms with E-state index in [1.54, 1.807) is 5.57 Å². The summed E-state index contributed by atoms with van der Waals surface area (Å²) in [6.45, 7) is 15.1. The maximum Gasteiger partial charge on any atom is 0.0662 e. The molecule has 1 atom stereocenters. The van der Waals surface area contributed by atoms with Gasteiger partial charge in [-0.2, -0.15) is 0 Å². The first-order chi connectivity index (χ1) is 9.72. The monoisotopic (exact) mass is 290 g/mol. The number of allylic oxidation sites excluding steroid dienone is 3. The van der Waals surface area contributed by atoms with E-state index in [0.29, 0.717) is 0 Å². The third-order valence-electron chi connectivity index (χ3n) is 5.87. The van der Waals surface area contributed by atoms with Crippen molar-refractivity contribution in [3.8, 4) is 0 Å². The third-order valence-corrected chi connectivity index (χ3v) is 5.87. The normalized spacial score (nSPS) is 37.3. The number of hydrogen-bond donors (Lipinski definition) is 0. The molecular weight excluding hydrogens is 256 g/mol. The van der Waals surface area contributed by atoms with Crippen LogP contribution in [0, 0.1) is 11.8 Å². The Hall–Kier alpha value is -0.560. The molecule has 2 aliphatic carbocycles. The van der Waals surface area contributed by atoms with Gasteiger partial charge < -0.3 is 4.74 Å². The molecule has 21 heavy (non-hydrogen) atoms. The van der Waals surface area contributed by atoms with E-state index in [4.69, 9.17) is 4.74 Å². The third kappa shape index (κ3) is 4.22. The highest BCUT2D eigenvalue weighted by molar-refractivity contribution is 5.09. The topological polar surface area (TPSA) is 9.23 Å². The van der Waals surface area contributed by atoms with Gasteiger partial charge in [0.05, 0.1) is 11.2 Å². The lowest BCUT2D eigenvalue weighted by Gasteiger charge is -2.54. The average molecular weight is 290 g/mol. The Balaban J connectivity index is 0.000000155. The molecule has 1 unspecified atom stereocenters. The van der Waals surface area contributed by atoms with Crippen LogP contribution in [0.4, 0.5) is 0 Å². The molecule has 3 fully saturated rings. The van der Waals surface area contributed by atoms with Crippen LogP contribution in [0.1, 0.15) is 79.6 Å². The fraction of sp³-hybridized carbons (Fsp3) is 0.800. The van der Waals surface area contributed by atoms with Gasteiger partial charge in [0.2, 0.25) is 0 Å². The van der Waals surface area contributed by atoms with E-state index in [2.05, 4.69) is 47.3 Å². The van der Waals surface area contributed by atoms with E-state index in [9.17, 15) is 0 Å². The highest BCUT2D eigenvalue weighted by atomic mass is 16.5. The van der Waals surface area contributed by atoms with Gasteiger partial charge in [-0.1, -0.05) is 23.8 Å². The van der Waals surface area contributed by atoms with E-state index in [-0.39, 0.29) is 11.2 Å². The number of rotatable bonds is 1. The molecule has 1 heteroatoms. The van der Waals surface area contributed by atoms with E-state index in [1.807, 2.05) is 0 Å². The number of fused-ring (bicyclic) bond motifs is 3. The predicted molar refractivity (Wildman–Crippen MR) is 91.4 cm³/mol. The molecule has 0 aromatic carbocycles. The number of hydrogen-bond acceptors (Lipinski definition) is 1. The van der Waals surface area contributed by atoms with Gasteiger partial charge in [-0.15, -0.1) is 0 Å². The second-order valence-electron chi connectivity index (χ2n) is 8.30. The lowest BCUT2D eigenvalue weighted by atomic mass is 9.69. The quantitative estimate of drug-likeness (QED) is 0.534. The molecule has 2 heterocycles. The van der Waals surface area contributed by atoms with Crippen LogP contribution in [0.2, 0.25) is 0 Å². The van der Waals surface area contributed by atoms with E-state index >= 15 is 0 Å². The lowest BCUT2D eigenvalue weighted by Crippen LogP contribution is -2.53. The molecule has 4 rings (SSSR count). The summed E-state index contributed by atoms with van der Waals surface area (Å²) in [5.41, 5.74) is 3.28. The molecule has 2 saturated heterocycles. The second-order valence-corrected chi connectivity index (χ2v) is 8.30. The van der Waals surface area contributed by atoms with Gasteiger partial charge in [-0.3, -0.25) is 0 Å². The predicted octanol–water partition coefficient (Wildman–Crippen LogP) is 6.05. The van der Waals surface area contributed by atoms with Crippen molar-refractivity contribution >= 4 is 0 Å². The molecule has 0 aromatic heterocycles. The van der Waals surface area contributed by atoms with Crippen molar-refractivity contribution < 1.29 is 4.74 Å². The molecular formula is C20H34O. The first-order valence-corrected chi connectivity index (χ1v) is 8.73. The van der Waals surface area contributed by atoms with E-state index in [1.165, 1.54) is 50.5 Å². The SMILES string of the molecule is C=C(C)C1CC=C(C)CC1.CC12CCC(CC1)C(C)(C)O2. The largest absolute Gasteiger partial charge is 0.369 e. The Morgan fingerprint density at radius 2 is 1.81 bits per heavy atom. The van der Waals surface area contributed by atoms with Crippen LogP contribution in [-0.2, 0) is 4.74 Å². The first kappa shape index (κ1) is 16.8. The smallest absolute Gasteiger partial charge is 0.0662 e. The summed E-state index contributed by atoms with van der Waals surface area (Å²) in [6, 6.07) is 0. The number of ether oxygens (including phenoxy) is 1. The molecule has 1 saturated carbocycles. The molecule has 120 valence electrons. The van der Waals surface area contributed by atoms with Crippen molar-refractivity contribution in [3.63, 3.8) is 0 Å². The van der Waals surface area contributed by atoms with Gasteiger partial charge in [-0.25, -0.2) is 0 Å². The van der Waals surface area contributed by atoms with Crippen LogP contribution in [0.5, 0.6) is 0 Å². The maximum atomic E-state index is 6.06. The minimum atomic E-state index is 0.158. The molecule has 0 N–H and O–H groups in total. The summed E-state index contributed by atoms with van der Waals surface area (Å²) in [5, 5.41) is 0. The van der Waals surface area contributed by atoms with E-state index in [0.717, 1.165) is 11.8 Å². The van der Waals surface area contributed by atoms with Gasteiger partial charge in [0.15, 0.2) is 0 Å². The average Bonchev–Trinajstić information content (AvgIpc) is 2.38. The molecule has 4 aliphatic rings. The fourth-order valence-electron chi connectivity index (χ4n) is 4.16. The highest BCUT2D eigenvalue weighted by Crippen LogP contribution is 2.49. The highest BCUT2D eigenvalue weighted by Gasteiger charge is 2.48. The standard InChI is InChI=1S/C10H18O.C10H16/c1-9(2)8-4-6-10(3,11-9)7-5-8;1-8(2)10-6-4-9(3)5-7-10/h8H,4-7H2,1-3H3;4,10H,1,5-7H2,2-3H3. The summed E-state index contributed by atoms with van der Waals surface area (Å²) in [6.07, 6.45) is 11.5. The molecule has 0 amide bonds. The Bertz CT molecular complexity index is 405. The Morgan fingerprint density at radius 3 is 2.14 bits per heavy atom. The molecule has 2 aliphatic heterocycles. The Morgan fingerprint density at radius 1 is 1.19 bits per heavy atom. The molecule has 0 radical (unpaired) electrons. The van der Waals surface area contributed by atoms with Gasteiger partial charge in [-0.05, 0) is 91.4 Å². The maximum absolute atomic E-state index is 6.06. The second kappa shape index (κ2) is 6.28. The van der Waals surface area contributed by atoms with Gasteiger partial charge in [0, 0.05) is 0 Å². The van der Waals surface area contributed by atoms with Crippen molar-refractivity contribution in [1.82, 2.24) is 0 Å². The summed E-state index contributed by atoms with van der Waals surface area (Å²) in [4.78, 5) is 0. The molecule has 0 aromatic rings. The molecule has 0 spiro atoms. The minimum Gasteiger partial charge on any atom is -0.369 e. The van der Waals surface area contributed by atoms with E-state index < -0.39 is 0 Å². The zero-order valence-electron chi connectivity index (χ0n) is 14.8.